The summed E-state index contributed by atoms with van der Waals surface area (Å²) in [7, 11) is 1.44. The van der Waals surface area contributed by atoms with E-state index in [9.17, 15) is 19.0 Å². The molecule has 0 aliphatic rings. The highest BCUT2D eigenvalue weighted by Gasteiger charge is 2.27. The number of esters is 2. The second-order valence-electron chi connectivity index (χ2n) is 22.1. The van der Waals surface area contributed by atoms with Crippen molar-refractivity contribution in [1.82, 2.24) is 0 Å². The number of unbranched alkanes of at least 4 members (excludes halogenated alkanes) is 25. The average molecular weight is 1110 g/mol. The van der Waals surface area contributed by atoms with Crippen molar-refractivity contribution in [2.24, 2.45) is 0 Å². The van der Waals surface area contributed by atoms with Crippen molar-refractivity contribution < 1.29 is 42.1 Å². The summed E-state index contributed by atoms with van der Waals surface area (Å²) in [5, 5.41) is 0. The number of allylic oxidation sites excluding steroid dienone is 18. The second-order valence-corrected chi connectivity index (χ2v) is 23.5. The van der Waals surface area contributed by atoms with Gasteiger partial charge in [-0.15, -0.1) is 0 Å². The first-order chi connectivity index (χ1) is 38.0. The maximum absolute atomic E-state index is 12.8. The van der Waals surface area contributed by atoms with E-state index in [0.717, 1.165) is 83.5 Å². The first-order valence-corrected chi connectivity index (χ1v) is 33.1. The Morgan fingerprint density at radius 1 is 0.410 bits per heavy atom. The molecule has 10 heteroatoms. The zero-order valence-electron chi connectivity index (χ0n) is 50.9. The van der Waals surface area contributed by atoms with E-state index in [0.29, 0.717) is 17.4 Å². The van der Waals surface area contributed by atoms with Crippen LogP contribution in [0.25, 0.3) is 0 Å². The summed E-state index contributed by atoms with van der Waals surface area (Å²) in [5.74, 6) is -0.849. The molecule has 0 aliphatic heterocycles. The molecule has 0 saturated carbocycles. The van der Waals surface area contributed by atoms with Gasteiger partial charge in [-0.2, -0.15) is 0 Å². The van der Waals surface area contributed by atoms with Crippen LogP contribution in [0.5, 0.6) is 0 Å². The topological polar surface area (TPSA) is 108 Å². The molecule has 78 heavy (non-hydrogen) atoms. The zero-order valence-corrected chi connectivity index (χ0v) is 51.8. The van der Waals surface area contributed by atoms with Gasteiger partial charge < -0.3 is 18.9 Å². The molecule has 0 heterocycles. The third kappa shape index (κ3) is 61.9. The van der Waals surface area contributed by atoms with Gasteiger partial charge in [0.2, 0.25) is 0 Å². The Bertz CT molecular complexity index is 1680. The predicted molar refractivity (Wildman–Crippen MR) is 335 cm³/mol. The zero-order chi connectivity index (χ0) is 57.0. The van der Waals surface area contributed by atoms with Crippen LogP contribution in [-0.4, -0.2) is 74.9 Å². The minimum Gasteiger partial charge on any atom is -0.462 e. The fraction of sp³-hybridized carbons (Fsp3) is 0.706. The van der Waals surface area contributed by atoms with E-state index in [4.69, 9.17) is 18.5 Å². The normalized spacial score (nSPS) is 14.0. The molecule has 448 valence electrons. The summed E-state index contributed by atoms with van der Waals surface area (Å²) in [4.78, 5) is 35.7. The summed E-state index contributed by atoms with van der Waals surface area (Å²) >= 11 is 0. The Kier molecular flexibility index (Phi) is 55.8. The summed E-state index contributed by atoms with van der Waals surface area (Å²) in [5.41, 5.74) is 0. The van der Waals surface area contributed by atoms with Crippen LogP contribution >= 0.6 is 7.82 Å². The maximum atomic E-state index is 12.8. The molecular formula is C68H119NO8P+. The number of nitrogens with zero attached hydrogens (tertiary/aromatic N) is 1. The Morgan fingerprint density at radius 2 is 0.731 bits per heavy atom. The molecule has 2 unspecified atom stereocenters. The highest BCUT2D eigenvalue weighted by Crippen LogP contribution is 2.43. The first kappa shape index (κ1) is 74.7. The van der Waals surface area contributed by atoms with E-state index in [1.807, 2.05) is 21.1 Å². The minimum atomic E-state index is -4.41. The number of quaternary nitrogens is 1. The van der Waals surface area contributed by atoms with Crippen LogP contribution < -0.4 is 0 Å². The Morgan fingerprint density at radius 3 is 1.12 bits per heavy atom. The lowest BCUT2D eigenvalue weighted by Gasteiger charge is -2.24. The molecule has 0 rings (SSSR count). The number of rotatable bonds is 57. The van der Waals surface area contributed by atoms with Gasteiger partial charge in [-0.25, -0.2) is 4.57 Å². The lowest BCUT2D eigenvalue weighted by molar-refractivity contribution is -0.870. The molecule has 0 radical (unpaired) electrons. The highest BCUT2D eigenvalue weighted by molar-refractivity contribution is 7.47. The molecule has 0 aromatic carbocycles. The first-order valence-electron chi connectivity index (χ1n) is 31.6. The van der Waals surface area contributed by atoms with Crippen molar-refractivity contribution in [2.75, 3.05) is 47.5 Å². The SMILES string of the molecule is CC/C=C\C/C=C\C/C=C\C/C=C\C/C=C\C/C=C\CCCCC(=O)OC(COC(=O)CCCCCCCCCCCCCCCCCCCC/C=C\C/C=C\C/C=C\CCCCCCC)COP(=O)(O)OCC[N+](C)(C)C. The van der Waals surface area contributed by atoms with Gasteiger partial charge in [0.1, 0.15) is 19.8 Å². The third-order valence-corrected chi connectivity index (χ3v) is 14.3. The van der Waals surface area contributed by atoms with Crippen LogP contribution in [-0.2, 0) is 32.7 Å². The van der Waals surface area contributed by atoms with Crippen molar-refractivity contribution in [3.63, 3.8) is 0 Å². The third-order valence-electron chi connectivity index (χ3n) is 13.3. The van der Waals surface area contributed by atoms with Gasteiger partial charge in [0.05, 0.1) is 27.7 Å². The molecule has 0 fully saturated rings. The monoisotopic (exact) mass is 1110 g/mol. The van der Waals surface area contributed by atoms with Gasteiger partial charge in [0.15, 0.2) is 6.10 Å². The molecule has 2 atom stereocenters. The summed E-state index contributed by atoms with van der Waals surface area (Å²) in [6.45, 7) is 4.26. The number of hydrogen-bond donors (Lipinski definition) is 1. The number of carbonyl (C=O) groups excluding carboxylic acids is 2. The minimum absolute atomic E-state index is 0.0183. The molecule has 0 aromatic rings. The number of ether oxygens (including phenoxy) is 2. The molecule has 0 amide bonds. The lowest BCUT2D eigenvalue weighted by atomic mass is 10.0. The maximum Gasteiger partial charge on any atom is 0.472 e. The van der Waals surface area contributed by atoms with Gasteiger partial charge in [-0.05, 0) is 103 Å². The van der Waals surface area contributed by atoms with Crippen LogP contribution in [0.2, 0.25) is 0 Å². The van der Waals surface area contributed by atoms with E-state index in [1.165, 1.54) is 141 Å². The van der Waals surface area contributed by atoms with Crippen molar-refractivity contribution in [3.8, 4) is 0 Å². The summed E-state index contributed by atoms with van der Waals surface area (Å²) in [6, 6.07) is 0. The Balaban J connectivity index is 4.12. The molecule has 9 nitrogen and oxygen atoms in total. The second kappa shape index (κ2) is 58.3. The van der Waals surface area contributed by atoms with Crippen LogP contribution in [0, 0.1) is 0 Å². The predicted octanol–water partition coefficient (Wildman–Crippen LogP) is 20.2. The fourth-order valence-electron chi connectivity index (χ4n) is 8.44. The van der Waals surface area contributed by atoms with Crippen molar-refractivity contribution in [1.29, 1.82) is 0 Å². The molecule has 1 N–H and O–H groups in total. The quantitative estimate of drug-likeness (QED) is 0.0211. The van der Waals surface area contributed by atoms with Crippen molar-refractivity contribution >= 4 is 19.8 Å². The number of carbonyl (C=O) groups is 2. The van der Waals surface area contributed by atoms with Crippen molar-refractivity contribution in [2.45, 2.75) is 264 Å². The lowest BCUT2D eigenvalue weighted by Crippen LogP contribution is -2.37. The van der Waals surface area contributed by atoms with Crippen LogP contribution in [0.1, 0.15) is 258 Å². The van der Waals surface area contributed by atoms with E-state index >= 15 is 0 Å². The molecule has 0 aromatic heterocycles. The van der Waals surface area contributed by atoms with Gasteiger partial charge in [-0.1, -0.05) is 252 Å². The van der Waals surface area contributed by atoms with E-state index in [1.54, 1.807) is 0 Å². The van der Waals surface area contributed by atoms with Crippen molar-refractivity contribution in [3.05, 3.63) is 109 Å². The van der Waals surface area contributed by atoms with Gasteiger partial charge >= 0.3 is 19.8 Å². The van der Waals surface area contributed by atoms with E-state index < -0.39 is 26.5 Å². The molecular weight excluding hydrogens is 990 g/mol. The van der Waals surface area contributed by atoms with Crippen LogP contribution in [0.4, 0.5) is 0 Å². The summed E-state index contributed by atoms with van der Waals surface area (Å²) < 4.78 is 34.6. The largest absolute Gasteiger partial charge is 0.472 e. The highest BCUT2D eigenvalue weighted by atomic mass is 31.2. The Hall–Kier alpha value is -3.33. The van der Waals surface area contributed by atoms with Gasteiger partial charge in [-0.3, -0.25) is 18.6 Å². The molecule has 0 saturated heterocycles. The van der Waals surface area contributed by atoms with Gasteiger partial charge in [0.25, 0.3) is 0 Å². The smallest absolute Gasteiger partial charge is 0.462 e. The number of phosphoric acid groups is 1. The Labute approximate surface area is 480 Å². The molecule has 0 bridgehead atoms. The number of hydrogen-bond acceptors (Lipinski definition) is 7. The van der Waals surface area contributed by atoms with E-state index in [-0.39, 0.29) is 32.0 Å². The standard InChI is InChI=1S/C68H118NO8P/c1-6-8-10-12-14-16-18-20-22-24-26-28-29-30-31-32-33-34-35-36-37-38-39-41-42-44-46-48-50-52-54-56-58-60-67(70)74-64-66(65-76-78(72,73)75-63-62-69(3,4)5)77-68(71)61-59-57-55-53-51-49-47-45-43-40-27-25-23-21-19-17-15-13-11-9-7-2/h9,11,15,17-18,20-21,23-24,26-27,29-30,40,45,47,51,53,66H,6-8,10,12-14,16,19,22,25,28,31-39,41-44,46,48-50,52,54-65H2,1-5H3/p+1/b11-9-,17-15-,20-18-,23-21-,26-24-,30-29-,40-27-,47-45-,53-51-. The molecule has 0 spiro atoms. The van der Waals surface area contributed by atoms with E-state index in [2.05, 4.69) is 123 Å². The van der Waals surface area contributed by atoms with Crippen LogP contribution in [0.15, 0.2) is 109 Å². The fourth-order valence-corrected chi connectivity index (χ4v) is 9.18. The average Bonchev–Trinajstić information content (AvgIpc) is 3.41. The number of likely N-dealkylation sites (N-methyl/N-ethyl adjacent to an activating group) is 1. The molecule has 0 aliphatic carbocycles. The van der Waals surface area contributed by atoms with Gasteiger partial charge in [0, 0.05) is 12.8 Å². The van der Waals surface area contributed by atoms with Crippen LogP contribution in [0.3, 0.4) is 0 Å². The summed E-state index contributed by atoms with van der Waals surface area (Å²) in [6.07, 6.45) is 81.8. The number of phosphoric ester groups is 1.